The van der Waals surface area contributed by atoms with Gasteiger partial charge in [0, 0.05) is 25.1 Å². The zero-order chi connectivity index (χ0) is 14.1. The van der Waals surface area contributed by atoms with Gasteiger partial charge >= 0.3 is 0 Å². The highest BCUT2D eigenvalue weighted by molar-refractivity contribution is 9.10. The van der Waals surface area contributed by atoms with Crippen molar-refractivity contribution in [3.05, 3.63) is 62.4 Å². The van der Waals surface area contributed by atoms with Crippen molar-refractivity contribution in [2.24, 2.45) is 0 Å². The molecule has 1 heterocycles. The van der Waals surface area contributed by atoms with Crippen molar-refractivity contribution >= 4 is 54.6 Å². The Morgan fingerprint density at radius 2 is 2.00 bits per heavy atom. The molecule has 1 aromatic heterocycles. The van der Waals surface area contributed by atoms with E-state index in [0.717, 1.165) is 27.1 Å². The molecule has 20 heavy (non-hydrogen) atoms. The topological polar surface area (TPSA) is 12.0 Å². The number of rotatable bonds is 3. The van der Waals surface area contributed by atoms with E-state index in [9.17, 15) is 0 Å². The molecule has 0 fully saturated rings. The quantitative estimate of drug-likeness (QED) is 0.578. The highest BCUT2D eigenvalue weighted by Crippen LogP contribution is 2.36. The number of benzene rings is 2. The summed E-state index contributed by atoms with van der Waals surface area (Å²) in [5.74, 6) is 0. The number of aryl methyl sites for hydroxylation is 1. The first kappa shape index (κ1) is 13.9. The van der Waals surface area contributed by atoms with Crippen molar-refractivity contribution in [3.8, 4) is 0 Å². The second-order valence-corrected chi connectivity index (χ2v) is 7.04. The van der Waals surface area contributed by atoms with Gasteiger partial charge in [0.25, 0.3) is 0 Å². The Balaban J connectivity index is 1.87. The first-order valence-corrected chi connectivity index (χ1v) is 8.30. The Hall–Kier alpha value is -1.03. The molecular formula is C16H13BrClNS. The van der Waals surface area contributed by atoms with Gasteiger partial charge in [-0.1, -0.05) is 35.9 Å². The normalized spacial score (nSPS) is 10.9. The van der Waals surface area contributed by atoms with Gasteiger partial charge < -0.3 is 5.32 Å². The van der Waals surface area contributed by atoms with E-state index in [4.69, 9.17) is 11.6 Å². The van der Waals surface area contributed by atoms with E-state index in [1.807, 2.05) is 12.1 Å². The molecule has 102 valence electrons. The molecule has 0 amide bonds. The third kappa shape index (κ3) is 2.71. The largest absolute Gasteiger partial charge is 0.379 e. The minimum Gasteiger partial charge on any atom is -0.379 e. The molecule has 2 aromatic carbocycles. The van der Waals surface area contributed by atoms with Crippen molar-refractivity contribution in [2.75, 3.05) is 5.32 Å². The number of halogens is 2. The lowest BCUT2D eigenvalue weighted by molar-refractivity contribution is 1.19. The average molecular weight is 367 g/mol. The smallest absolute Gasteiger partial charge is 0.0642 e. The Bertz CT molecular complexity index is 766. The lowest BCUT2D eigenvalue weighted by Gasteiger charge is -2.08. The summed E-state index contributed by atoms with van der Waals surface area (Å²) in [6.07, 6.45) is 0. The summed E-state index contributed by atoms with van der Waals surface area (Å²) < 4.78 is 2.30. The molecule has 3 rings (SSSR count). The number of anilines is 1. The van der Waals surface area contributed by atoms with Crippen molar-refractivity contribution in [1.29, 1.82) is 0 Å². The first-order valence-electron chi connectivity index (χ1n) is 6.31. The molecule has 0 saturated heterocycles. The minimum atomic E-state index is 0.736. The predicted molar refractivity (Wildman–Crippen MR) is 93.0 cm³/mol. The van der Waals surface area contributed by atoms with Crippen molar-refractivity contribution in [1.82, 2.24) is 0 Å². The molecule has 1 N–H and O–H groups in total. The van der Waals surface area contributed by atoms with Crippen LogP contribution >= 0.6 is 38.9 Å². The van der Waals surface area contributed by atoms with Crippen LogP contribution in [0.5, 0.6) is 0 Å². The summed E-state index contributed by atoms with van der Waals surface area (Å²) in [5.41, 5.74) is 2.33. The van der Waals surface area contributed by atoms with Gasteiger partial charge in [-0.05, 0) is 46.6 Å². The van der Waals surface area contributed by atoms with E-state index in [1.165, 1.54) is 15.1 Å². The summed E-state index contributed by atoms with van der Waals surface area (Å²) >= 11 is 11.8. The summed E-state index contributed by atoms with van der Waals surface area (Å²) in [6, 6.07) is 14.5. The summed E-state index contributed by atoms with van der Waals surface area (Å²) in [5, 5.41) is 5.45. The van der Waals surface area contributed by atoms with Gasteiger partial charge in [-0.25, -0.2) is 0 Å². The molecular weight excluding hydrogens is 354 g/mol. The van der Waals surface area contributed by atoms with Crippen molar-refractivity contribution in [2.45, 2.75) is 13.5 Å². The van der Waals surface area contributed by atoms with Gasteiger partial charge in [0.05, 0.1) is 11.6 Å². The first-order chi connectivity index (χ1) is 9.65. The lowest BCUT2D eigenvalue weighted by Crippen LogP contribution is -1.99. The fourth-order valence-electron chi connectivity index (χ4n) is 2.13. The van der Waals surface area contributed by atoms with Crippen molar-refractivity contribution in [3.63, 3.8) is 0 Å². The summed E-state index contributed by atoms with van der Waals surface area (Å²) in [4.78, 5) is 1.17. The van der Waals surface area contributed by atoms with Gasteiger partial charge in [0.15, 0.2) is 0 Å². The SMILES string of the molecule is Cc1ccc(Br)c(NCc2sc3ccccc3c2Cl)c1. The van der Waals surface area contributed by atoms with E-state index in [-0.39, 0.29) is 0 Å². The second kappa shape index (κ2) is 5.76. The van der Waals surface area contributed by atoms with Crippen LogP contribution in [0.1, 0.15) is 10.4 Å². The molecule has 0 atom stereocenters. The van der Waals surface area contributed by atoms with Crippen LogP contribution in [0, 0.1) is 6.92 Å². The second-order valence-electron chi connectivity index (χ2n) is 4.67. The van der Waals surface area contributed by atoms with Crippen LogP contribution < -0.4 is 5.32 Å². The van der Waals surface area contributed by atoms with Crippen LogP contribution in [0.15, 0.2) is 46.9 Å². The Morgan fingerprint density at radius 3 is 2.80 bits per heavy atom. The predicted octanol–water partition coefficient (Wildman–Crippen LogP) is 6.24. The number of hydrogen-bond donors (Lipinski definition) is 1. The number of fused-ring (bicyclic) bond motifs is 1. The molecule has 1 nitrogen and oxygen atoms in total. The maximum Gasteiger partial charge on any atom is 0.0642 e. The summed E-state index contributed by atoms with van der Waals surface area (Å²) in [6.45, 7) is 2.82. The molecule has 3 aromatic rings. The number of hydrogen-bond acceptors (Lipinski definition) is 2. The molecule has 4 heteroatoms. The van der Waals surface area contributed by atoms with Crippen LogP contribution in [0.2, 0.25) is 5.02 Å². The fourth-order valence-corrected chi connectivity index (χ4v) is 3.95. The molecule has 0 aliphatic rings. The number of thiophene rings is 1. The van der Waals surface area contributed by atoms with Gasteiger partial charge in [-0.3, -0.25) is 0 Å². The monoisotopic (exact) mass is 365 g/mol. The van der Waals surface area contributed by atoms with E-state index in [1.54, 1.807) is 11.3 Å². The van der Waals surface area contributed by atoms with Crippen molar-refractivity contribution < 1.29 is 0 Å². The van der Waals surface area contributed by atoms with Gasteiger partial charge in [0.1, 0.15) is 0 Å². The highest BCUT2D eigenvalue weighted by atomic mass is 79.9. The van der Waals surface area contributed by atoms with Gasteiger partial charge in [-0.15, -0.1) is 11.3 Å². The Morgan fingerprint density at radius 1 is 1.20 bits per heavy atom. The maximum atomic E-state index is 6.45. The molecule has 0 bridgehead atoms. The minimum absolute atomic E-state index is 0.736. The third-order valence-corrected chi connectivity index (χ3v) is 5.57. The van der Waals surface area contributed by atoms with E-state index < -0.39 is 0 Å². The molecule has 0 spiro atoms. The summed E-state index contributed by atoms with van der Waals surface area (Å²) in [7, 11) is 0. The maximum absolute atomic E-state index is 6.45. The Labute approximate surface area is 135 Å². The number of nitrogens with one attached hydrogen (secondary N) is 1. The highest BCUT2D eigenvalue weighted by Gasteiger charge is 2.10. The van der Waals surface area contributed by atoms with E-state index in [0.29, 0.717) is 0 Å². The van der Waals surface area contributed by atoms with E-state index >= 15 is 0 Å². The zero-order valence-electron chi connectivity index (χ0n) is 10.9. The lowest BCUT2D eigenvalue weighted by atomic mass is 10.2. The third-order valence-electron chi connectivity index (χ3n) is 3.16. The van der Waals surface area contributed by atoms with Gasteiger partial charge in [0.2, 0.25) is 0 Å². The Kier molecular flexibility index (Phi) is 4.01. The molecule has 0 unspecified atom stereocenters. The molecule has 0 aliphatic carbocycles. The van der Waals surface area contributed by atoms with Crippen LogP contribution in [0.25, 0.3) is 10.1 Å². The molecule has 0 aliphatic heterocycles. The van der Waals surface area contributed by atoms with Crippen LogP contribution in [-0.4, -0.2) is 0 Å². The van der Waals surface area contributed by atoms with Gasteiger partial charge in [-0.2, -0.15) is 0 Å². The molecule has 0 saturated carbocycles. The molecule has 0 radical (unpaired) electrons. The van der Waals surface area contributed by atoms with E-state index in [2.05, 4.69) is 58.5 Å². The standard InChI is InChI=1S/C16H13BrClNS/c1-10-6-7-12(17)13(8-10)19-9-15-16(18)11-4-2-3-5-14(11)20-15/h2-8,19H,9H2,1H3. The average Bonchev–Trinajstić information content (AvgIpc) is 2.77. The zero-order valence-corrected chi connectivity index (χ0v) is 14.1. The van der Waals surface area contributed by atoms with Crippen LogP contribution in [0.3, 0.4) is 0 Å². The van der Waals surface area contributed by atoms with Crippen LogP contribution in [0.4, 0.5) is 5.69 Å². The fraction of sp³-hybridized carbons (Fsp3) is 0.125. The van der Waals surface area contributed by atoms with Crippen LogP contribution in [-0.2, 0) is 6.54 Å².